The van der Waals surface area contributed by atoms with Gasteiger partial charge in [-0.1, -0.05) is 6.92 Å². The average Bonchev–Trinajstić information content (AvgIpc) is 2.37. The van der Waals surface area contributed by atoms with E-state index in [2.05, 4.69) is 11.8 Å². The Hall–Kier alpha value is -1.31. The number of anilines is 2. The van der Waals surface area contributed by atoms with Crippen molar-refractivity contribution in [2.24, 2.45) is 11.1 Å². The number of ether oxygens (including phenoxy) is 1. The van der Waals surface area contributed by atoms with Gasteiger partial charge in [0.15, 0.2) is 0 Å². The van der Waals surface area contributed by atoms with E-state index in [1.165, 1.54) is 6.07 Å². The molecule has 1 saturated heterocycles. The average molecular weight is 299 g/mol. The fourth-order valence-corrected chi connectivity index (χ4v) is 3.11. The third kappa shape index (κ3) is 3.23. The van der Waals surface area contributed by atoms with E-state index in [0.717, 1.165) is 18.7 Å². The first kappa shape index (κ1) is 15.1. The maximum atomic E-state index is 11.5. The Labute approximate surface area is 119 Å². The highest BCUT2D eigenvalue weighted by Gasteiger charge is 2.26. The Kier molecular flexibility index (Phi) is 4.22. The van der Waals surface area contributed by atoms with Gasteiger partial charge in [0.05, 0.1) is 11.0 Å². The molecule has 112 valence electrons. The molecule has 1 heterocycles. The van der Waals surface area contributed by atoms with E-state index < -0.39 is 10.0 Å². The maximum Gasteiger partial charge on any atom is 0.238 e. The predicted octanol–water partition coefficient (Wildman–Crippen LogP) is 0.777. The molecule has 6 nitrogen and oxygen atoms in total. The van der Waals surface area contributed by atoms with Crippen molar-refractivity contribution >= 4 is 21.4 Å². The zero-order chi connectivity index (χ0) is 14.9. The monoisotopic (exact) mass is 299 g/mol. The van der Waals surface area contributed by atoms with E-state index in [1.54, 1.807) is 19.2 Å². The van der Waals surface area contributed by atoms with Crippen LogP contribution in [0.4, 0.5) is 11.4 Å². The van der Waals surface area contributed by atoms with Gasteiger partial charge in [0.1, 0.15) is 0 Å². The Morgan fingerprint density at radius 2 is 2.05 bits per heavy atom. The molecule has 2 atom stereocenters. The number of hydrogen-bond donors (Lipinski definition) is 2. The van der Waals surface area contributed by atoms with Crippen molar-refractivity contribution in [2.75, 3.05) is 30.8 Å². The fraction of sp³-hybridized carbons (Fsp3) is 0.538. The summed E-state index contributed by atoms with van der Waals surface area (Å²) >= 11 is 0. The third-order valence-corrected chi connectivity index (χ3v) is 4.69. The van der Waals surface area contributed by atoms with Crippen LogP contribution in [0.25, 0.3) is 0 Å². The van der Waals surface area contributed by atoms with Crippen LogP contribution in [0.5, 0.6) is 0 Å². The van der Waals surface area contributed by atoms with Gasteiger partial charge in [0, 0.05) is 31.6 Å². The molecule has 1 aliphatic rings. The minimum absolute atomic E-state index is 0.0417. The lowest BCUT2D eigenvalue weighted by Crippen LogP contribution is -2.44. The van der Waals surface area contributed by atoms with Gasteiger partial charge in [-0.15, -0.1) is 0 Å². The molecule has 7 heteroatoms. The van der Waals surface area contributed by atoms with Crippen LogP contribution >= 0.6 is 0 Å². The molecule has 2 unspecified atom stereocenters. The second-order valence-corrected chi connectivity index (χ2v) is 6.85. The summed E-state index contributed by atoms with van der Waals surface area (Å²) in [6.45, 7) is 3.71. The van der Waals surface area contributed by atoms with Gasteiger partial charge >= 0.3 is 0 Å². The lowest BCUT2D eigenvalue weighted by Gasteiger charge is -2.37. The number of methoxy groups -OCH3 is 1. The second kappa shape index (κ2) is 5.59. The second-order valence-electron chi connectivity index (χ2n) is 5.29. The van der Waals surface area contributed by atoms with Crippen molar-refractivity contribution in [3.8, 4) is 0 Å². The maximum absolute atomic E-state index is 11.5. The van der Waals surface area contributed by atoms with Crippen molar-refractivity contribution in [3.05, 3.63) is 18.2 Å². The molecular weight excluding hydrogens is 278 g/mol. The molecule has 1 aromatic carbocycles. The number of sulfonamides is 1. The Morgan fingerprint density at radius 3 is 2.65 bits per heavy atom. The summed E-state index contributed by atoms with van der Waals surface area (Å²) in [5, 5.41) is 5.17. The largest absolute Gasteiger partial charge is 0.399 e. The van der Waals surface area contributed by atoms with E-state index in [4.69, 9.17) is 15.6 Å². The smallest absolute Gasteiger partial charge is 0.238 e. The molecule has 0 amide bonds. The van der Waals surface area contributed by atoms with E-state index in [0.29, 0.717) is 18.2 Å². The van der Waals surface area contributed by atoms with Crippen molar-refractivity contribution in [1.29, 1.82) is 0 Å². The van der Waals surface area contributed by atoms with Gasteiger partial charge in [-0.3, -0.25) is 0 Å². The van der Waals surface area contributed by atoms with Crippen LogP contribution in [0.15, 0.2) is 23.1 Å². The minimum Gasteiger partial charge on any atom is -0.399 e. The number of nitrogens with zero attached hydrogens (tertiary/aromatic N) is 1. The predicted molar refractivity (Wildman–Crippen MR) is 79.0 cm³/mol. The highest BCUT2D eigenvalue weighted by Crippen LogP contribution is 2.28. The number of primary sulfonamides is 1. The minimum atomic E-state index is -3.75. The van der Waals surface area contributed by atoms with Gasteiger partial charge < -0.3 is 15.4 Å². The van der Waals surface area contributed by atoms with Gasteiger partial charge in [-0.2, -0.15) is 0 Å². The highest BCUT2D eigenvalue weighted by molar-refractivity contribution is 7.89. The molecule has 0 radical (unpaired) electrons. The van der Waals surface area contributed by atoms with E-state index >= 15 is 0 Å². The van der Waals surface area contributed by atoms with Gasteiger partial charge in [-0.25, -0.2) is 13.6 Å². The number of piperidine rings is 1. The van der Waals surface area contributed by atoms with Crippen LogP contribution in [0, 0.1) is 5.92 Å². The number of benzene rings is 1. The van der Waals surface area contributed by atoms with Crippen molar-refractivity contribution in [1.82, 2.24) is 0 Å². The zero-order valence-corrected chi connectivity index (χ0v) is 12.6. The molecule has 4 N–H and O–H groups in total. The van der Waals surface area contributed by atoms with E-state index in [1.807, 2.05) is 0 Å². The molecular formula is C13H21N3O3S. The first-order chi connectivity index (χ1) is 9.31. The molecule has 1 aliphatic heterocycles. The topological polar surface area (TPSA) is 98.7 Å². The van der Waals surface area contributed by atoms with E-state index in [-0.39, 0.29) is 11.0 Å². The van der Waals surface area contributed by atoms with Gasteiger partial charge in [0.25, 0.3) is 0 Å². The standard InChI is InChI=1S/C13H21N3O3S/c1-9-3-4-16(8-13(9)19-2)11-5-10(14)6-12(7-11)20(15,17)18/h5-7,9,13H,3-4,8,14H2,1-2H3,(H2,15,17,18). The van der Waals surface area contributed by atoms with Gasteiger partial charge in [0.2, 0.25) is 10.0 Å². The van der Waals surface area contributed by atoms with Crippen LogP contribution in [0.2, 0.25) is 0 Å². The van der Waals surface area contributed by atoms with Crippen LogP contribution in [-0.2, 0) is 14.8 Å². The Morgan fingerprint density at radius 1 is 1.35 bits per heavy atom. The molecule has 0 spiro atoms. The normalized spacial score (nSPS) is 23.9. The summed E-state index contributed by atoms with van der Waals surface area (Å²) in [6, 6.07) is 4.70. The first-order valence-corrected chi connectivity index (χ1v) is 8.07. The van der Waals surface area contributed by atoms with Crippen LogP contribution < -0.4 is 15.8 Å². The SMILES string of the molecule is COC1CN(c2cc(N)cc(S(N)(=O)=O)c2)CCC1C. The fourth-order valence-electron chi connectivity index (χ4n) is 2.53. The Balaban J connectivity index is 2.31. The third-order valence-electron chi connectivity index (χ3n) is 3.80. The molecule has 20 heavy (non-hydrogen) atoms. The van der Waals surface area contributed by atoms with Crippen molar-refractivity contribution in [2.45, 2.75) is 24.3 Å². The number of rotatable bonds is 3. The molecule has 2 rings (SSSR count). The number of hydrogen-bond acceptors (Lipinski definition) is 5. The lowest BCUT2D eigenvalue weighted by molar-refractivity contribution is 0.0498. The van der Waals surface area contributed by atoms with Crippen LogP contribution in [0.1, 0.15) is 13.3 Å². The Bertz CT molecular complexity index is 589. The molecule has 0 aliphatic carbocycles. The molecule has 0 saturated carbocycles. The van der Waals surface area contributed by atoms with Crippen LogP contribution in [-0.4, -0.2) is 34.7 Å². The number of nitrogen functional groups attached to an aromatic ring is 1. The van der Waals surface area contributed by atoms with Crippen molar-refractivity contribution < 1.29 is 13.2 Å². The summed E-state index contributed by atoms with van der Waals surface area (Å²) in [5.41, 5.74) is 6.93. The summed E-state index contributed by atoms with van der Waals surface area (Å²) in [6.07, 6.45) is 1.11. The molecule has 0 bridgehead atoms. The first-order valence-electron chi connectivity index (χ1n) is 6.52. The van der Waals surface area contributed by atoms with Crippen LogP contribution in [0.3, 0.4) is 0 Å². The lowest BCUT2D eigenvalue weighted by atomic mass is 9.95. The molecule has 1 aromatic rings. The molecule has 0 aromatic heterocycles. The zero-order valence-electron chi connectivity index (χ0n) is 11.7. The summed E-state index contributed by atoms with van der Waals surface area (Å²) in [4.78, 5) is 2.12. The summed E-state index contributed by atoms with van der Waals surface area (Å²) in [7, 11) is -2.06. The number of nitrogens with two attached hydrogens (primary N) is 2. The quantitative estimate of drug-likeness (QED) is 0.804. The van der Waals surface area contributed by atoms with E-state index in [9.17, 15) is 8.42 Å². The summed E-state index contributed by atoms with van der Waals surface area (Å²) in [5.74, 6) is 0.482. The highest BCUT2D eigenvalue weighted by atomic mass is 32.2. The van der Waals surface area contributed by atoms with Gasteiger partial charge in [-0.05, 0) is 30.5 Å². The molecule has 1 fully saturated rings. The van der Waals surface area contributed by atoms with Crippen molar-refractivity contribution in [3.63, 3.8) is 0 Å². The summed E-state index contributed by atoms with van der Waals surface area (Å²) < 4.78 is 28.4.